The number of rotatable bonds is 2. The normalized spacial score (nSPS) is 12.7. The second-order valence-electron chi connectivity index (χ2n) is 4.45. The minimum Gasteiger partial charge on any atom is -0.444 e. The SMILES string of the molecule is CC(CC#CC(O)O)NC(=O)OC(C)(C)C. The number of carbonyl (C=O) groups excluding carboxylic acids is 1. The summed E-state index contributed by atoms with van der Waals surface area (Å²) in [5, 5.41) is 19.5. The summed E-state index contributed by atoms with van der Waals surface area (Å²) < 4.78 is 5.04. The van der Waals surface area contributed by atoms with Crippen LogP contribution in [0.1, 0.15) is 34.1 Å². The highest BCUT2D eigenvalue weighted by molar-refractivity contribution is 5.68. The van der Waals surface area contributed by atoms with Gasteiger partial charge in [-0.25, -0.2) is 4.79 Å². The molecule has 0 saturated heterocycles. The van der Waals surface area contributed by atoms with Crippen molar-refractivity contribution in [1.82, 2.24) is 5.32 Å². The van der Waals surface area contributed by atoms with E-state index >= 15 is 0 Å². The van der Waals surface area contributed by atoms with Gasteiger partial charge in [-0.1, -0.05) is 5.92 Å². The van der Waals surface area contributed by atoms with Crippen molar-refractivity contribution in [3.8, 4) is 11.8 Å². The highest BCUT2D eigenvalue weighted by Gasteiger charge is 2.17. The number of amides is 1. The summed E-state index contributed by atoms with van der Waals surface area (Å²) in [5.41, 5.74) is -0.531. The second-order valence-corrected chi connectivity index (χ2v) is 4.45. The van der Waals surface area contributed by atoms with E-state index in [1.165, 1.54) is 0 Å². The van der Waals surface area contributed by atoms with Crippen molar-refractivity contribution in [2.75, 3.05) is 0 Å². The van der Waals surface area contributed by atoms with Crippen LogP contribution in [0, 0.1) is 11.8 Å². The average molecular weight is 229 g/mol. The zero-order chi connectivity index (χ0) is 12.8. The third-order valence-corrected chi connectivity index (χ3v) is 1.40. The van der Waals surface area contributed by atoms with E-state index < -0.39 is 18.0 Å². The maximum Gasteiger partial charge on any atom is 0.407 e. The minimum atomic E-state index is -1.63. The van der Waals surface area contributed by atoms with Crippen molar-refractivity contribution >= 4 is 6.09 Å². The molecule has 0 saturated carbocycles. The maximum atomic E-state index is 11.3. The quantitative estimate of drug-likeness (QED) is 0.478. The van der Waals surface area contributed by atoms with E-state index in [2.05, 4.69) is 17.2 Å². The van der Waals surface area contributed by atoms with Gasteiger partial charge in [-0.3, -0.25) is 0 Å². The molecule has 16 heavy (non-hydrogen) atoms. The molecule has 0 spiro atoms. The first-order valence-corrected chi connectivity index (χ1v) is 5.05. The summed E-state index contributed by atoms with van der Waals surface area (Å²) in [5.74, 6) is 4.70. The number of aliphatic hydroxyl groups excluding tert-OH is 1. The van der Waals surface area contributed by atoms with Gasteiger partial charge in [0.2, 0.25) is 6.29 Å². The number of alkyl carbamates (subject to hydrolysis) is 1. The van der Waals surface area contributed by atoms with Crippen LogP contribution in [0.3, 0.4) is 0 Å². The molecule has 1 amide bonds. The Morgan fingerprint density at radius 2 is 2.00 bits per heavy atom. The van der Waals surface area contributed by atoms with E-state index in [1.807, 2.05) is 0 Å². The third kappa shape index (κ3) is 9.31. The molecule has 1 unspecified atom stereocenters. The molecule has 0 heterocycles. The van der Waals surface area contributed by atoms with Gasteiger partial charge in [0.05, 0.1) is 0 Å². The number of hydrogen-bond donors (Lipinski definition) is 3. The fourth-order valence-corrected chi connectivity index (χ4v) is 0.863. The van der Waals surface area contributed by atoms with Gasteiger partial charge in [0.1, 0.15) is 5.60 Å². The Morgan fingerprint density at radius 3 is 2.44 bits per heavy atom. The molecule has 0 radical (unpaired) electrons. The molecule has 0 rings (SSSR count). The van der Waals surface area contributed by atoms with Gasteiger partial charge < -0.3 is 20.3 Å². The average Bonchev–Trinajstić information content (AvgIpc) is 1.98. The fourth-order valence-electron chi connectivity index (χ4n) is 0.863. The topological polar surface area (TPSA) is 78.8 Å². The van der Waals surface area contributed by atoms with Crippen molar-refractivity contribution in [2.24, 2.45) is 0 Å². The van der Waals surface area contributed by atoms with Crippen LogP contribution in [0.5, 0.6) is 0 Å². The highest BCUT2D eigenvalue weighted by Crippen LogP contribution is 2.06. The Kier molecular flexibility index (Phi) is 5.86. The molecular formula is C11H19NO4. The predicted molar refractivity (Wildman–Crippen MR) is 59.5 cm³/mol. The van der Waals surface area contributed by atoms with Crippen LogP contribution in [-0.4, -0.2) is 34.2 Å². The lowest BCUT2D eigenvalue weighted by atomic mass is 10.2. The van der Waals surface area contributed by atoms with Gasteiger partial charge in [-0.15, -0.1) is 0 Å². The molecule has 1 atom stereocenters. The zero-order valence-electron chi connectivity index (χ0n) is 10.1. The molecule has 3 N–H and O–H groups in total. The third-order valence-electron chi connectivity index (χ3n) is 1.40. The van der Waals surface area contributed by atoms with Crippen LogP contribution in [0.2, 0.25) is 0 Å². The largest absolute Gasteiger partial charge is 0.444 e. The van der Waals surface area contributed by atoms with Gasteiger partial charge in [-0.05, 0) is 33.6 Å². The number of ether oxygens (including phenoxy) is 1. The van der Waals surface area contributed by atoms with Crippen molar-refractivity contribution in [1.29, 1.82) is 0 Å². The zero-order valence-corrected chi connectivity index (χ0v) is 10.1. The van der Waals surface area contributed by atoms with Crippen LogP contribution in [0.15, 0.2) is 0 Å². The molecule has 0 aromatic carbocycles. The van der Waals surface area contributed by atoms with Gasteiger partial charge in [-0.2, -0.15) is 0 Å². The summed E-state index contributed by atoms with van der Waals surface area (Å²) in [7, 11) is 0. The van der Waals surface area contributed by atoms with Gasteiger partial charge in [0.25, 0.3) is 0 Å². The smallest absolute Gasteiger partial charge is 0.407 e. The standard InChI is InChI=1S/C11H19NO4/c1-8(6-5-7-9(13)14)12-10(15)16-11(2,3)4/h8-9,13-14H,6H2,1-4H3,(H,12,15). The summed E-state index contributed by atoms with van der Waals surface area (Å²) in [6.45, 7) is 7.08. The van der Waals surface area contributed by atoms with E-state index in [-0.39, 0.29) is 6.04 Å². The Hall–Kier alpha value is -1.25. The molecule has 0 bridgehead atoms. The Morgan fingerprint density at radius 1 is 1.44 bits per heavy atom. The Labute approximate surface area is 95.8 Å². The number of aliphatic hydroxyl groups is 2. The van der Waals surface area contributed by atoms with E-state index in [9.17, 15) is 4.79 Å². The van der Waals surface area contributed by atoms with E-state index in [1.54, 1.807) is 27.7 Å². The van der Waals surface area contributed by atoms with Crippen LogP contribution in [-0.2, 0) is 4.74 Å². The van der Waals surface area contributed by atoms with Crippen molar-refractivity contribution in [3.63, 3.8) is 0 Å². The van der Waals surface area contributed by atoms with Crippen molar-refractivity contribution in [2.45, 2.75) is 52.0 Å². The lowest BCUT2D eigenvalue weighted by molar-refractivity contribution is 0.0107. The summed E-state index contributed by atoms with van der Waals surface area (Å²) in [6.07, 6.45) is -1.81. The van der Waals surface area contributed by atoms with Gasteiger partial charge >= 0.3 is 6.09 Å². The molecular weight excluding hydrogens is 210 g/mol. The van der Waals surface area contributed by atoms with Crippen LogP contribution < -0.4 is 5.32 Å². The lowest BCUT2D eigenvalue weighted by Crippen LogP contribution is -2.37. The maximum absolute atomic E-state index is 11.3. The first-order valence-electron chi connectivity index (χ1n) is 5.05. The Bertz CT molecular complexity index is 283. The van der Waals surface area contributed by atoms with Gasteiger partial charge in [0.15, 0.2) is 0 Å². The molecule has 5 heteroatoms. The van der Waals surface area contributed by atoms with Gasteiger partial charge in [0, 0.05) is 12.5 Å². The number of carbonyl (C=O) groups is 1. The first-order chi connectivity index (χ1) is 7.20. The van der Waals surface area contributed by atoms with Crippen molar-refractivity contribution in [3.05, 3.63) is 0 Å². The first kappa shape index (κ1) is 14.8. The molecule has 0 aliphatic carbocycles. The number of hydrogen-bond acceptors (Lipinski definition) is 4. The molecule has 92 valence electrons. The summed E-state index contributed by atoms with van der Waals surface area (Å²) in [6, 6.07) is -0.207. The minimum absolute atomic E-state index is 0.207. The van der Waals surface area contributed by atoms with Crippen molar-refractivity contribution < 1.29 is 19.7 Å². The summed E-state index contributed by atoms with van der Waals surface area (Å²) >= 11 is 0. The fraction of sp³-hybridized carbons (Fsp3) is 0.727. The van der Waals surface area contributed by atoms with E-state index in [4.69, 9.17) is 14.9 Å². The molecule has 0 aliphatic heterocycles. The monoisotopic (exact) mass is 229 g/mol. The second kappa shape index (κ2) is 6.36. The molecule has 0 aliphatic rings. The molecule has 0 aromatic heterocycles. The number of nitrogens with one attached hydrogen (secondary N) is 1. The predicted octanol–water partition coefficient (Wildman–Crippen LogP) is 0.604. The van der Waals surface area contributed by atoms with E-state index in [0.29, 0.717) is 6.42 Å². The van der Waals surface area contributed by atoms with E-state index in [0.717, 1.165) is 0 Å². The molecule has 5 nitrogen and oxygen atoms in total. The summed E-state index contributed by atoms with van der Waals surface area (Å²) in [4.78, 5) is 11.3. The van der Waals surface area contributed by atoms with Crippen LogP contribution in [0.4, 0.5) is 4.79 Å². The Balaban J connectivity index is 3.94. The highest BCUT2D eigenvalue weighted by atomic mass is 16.6. The molecule has 0 aromatic rings. The van der Waals surface area contributed by atoms with Crippen LogP contribution in [0.25, 0.3) is 0 Å². The molecule has 0 fully saturated rings. The van der Waals surface area contributed by atoms with Crippen LogP contribution >= 0.6 is 0 Å². The lowest BCUT2D eigenvalue weighted by Gasteiger charge is -2.21.